The Labute approximate surface area is 169 Å². The Morgan fingerprint density at radius 1 is 1.14 bits per heavy atom. The predicted molar refractivity (Wildman–Crippen MR) is 107 cm³/mol. The number of alkyl halides is 2. The van der Waals surface area contributed by atoms with E-state index in [1.165, 1.54) is 30.3 Å². The summed E-state index contributed by atoms with van der Waals surface area (Å²) in [5, 5.41) is 2.07. The van der Waals surface area contributed by atoms with Crippen molar-refractivity contribution >= 4 is 34.0 Å². The summed E-state index contributed by atoms with van der Waals surface area (Å²) in [6.45, 7) is 1.56. The smallest absolute Gasteiger partial charge is 0.277 e. The lowest BCUT2D eigenvalue weighted by molar-refractivity contribution is 0.0119. The number of nitrogens with two attached hydrogens (primary N) is 1. The summed E-state index contributed by atoms with van der Waals surface area (Å²) in [4.78, 5) is 12.3. The van der Waals surface area contributed by atoms with Crippen LogP contribution in [0.3, 0.4) is 0 Å². The summed E-state index contributed by atoms with van der Waals surface area (Å²) in [7, 11) is -3.97. The number of nitrogens with one attached hydrogen (secondary N) is 2. The number of aryl methyl sites for hydroxylation is 2. The number of sulfonamides is 1. The molecule has 2 rings (SSSR count). The molecule has 6 nitrogen and oxygen atoms in total. The number of hydrogen-bond acceptors (Lipinski definition) is 4. The second-order valence-electron chi connectivity index (χ2n) is 6.16. The maximum Gasteiger partial charge on any atom is 0.277 e. The third kappa shape index (κ3) is 5.88. The van der Waals surface area contributed by atoms with Crippen LogP contribution in [0.5, 0.6) is 0 Å². The van der Waals surface area contributed by atoms with Crippen LogP contribution in [0.2, 0.25) is 0 Å². The number of benzene rings is 2. The van der Waals surface area contributed by atoms with Gasteiger partial charge in [-0.2, -0.15) is 0 Å². The molecule has 1 amide bonds. The number of carbonyl (C=O) groups is 1. The van der Waals surface area contributed by atoms with Crippen molar-refractivity contribution in [2.45, 2.75) is 24.7 Å². The van der Waals surface area contributed by atoms with Crippen molar-refractivity contribution in [2.75, 3.05) is 17.8 Å². The number of anilines is 1. The summed E-state index contributed by atoms with van der Waals surface area (Å²) >= 11 is 0. The van der Waals surface area contributed by atoms with E-state index in [0.29, 0.717) is 5.56 Å². The molecule has 0 saturated carbocycles. The molecular formula is C18H22ClF2N3O3S. The van der Waals surface area contributed by atoms with Gasteiger partial charge in [-0.15, -0.1) is 12.4 Å². The number of halogens is 3. The van der Waals surface area contributed by atoms with Gasteiger partial charge in [0.2, 0.25) is 0 Å². The number of hydrogen-bond donors (Lipinski definition) is 3. The third-order valence-corrected chi connectivity index (χ3v) is 5.36. The standard InChI is InChI=1S/C18H21F2N3O3S.ClH/c1-12-7-8-13(2)16(9-12)27(25,26)23-15-6-4-3-5-14(15)17(24)22-11-18(19,20)10-21;/h3-9,23H,10-11,21H2,1-2H3,(H,22,24);1H. The predicted octanol–water partition coefficient (Wildman–Crippen LogP) is 2.85. The molecule has 0 saturated heterocycles. The highest BCUT2D eigenvalue weighted by Crippen LogP contribution is 2.23. The monoisotopic (exact) mass is 433 g/mol. The van der Waals surface area contributed by atoms with Crippen LogP contribution in [0.4, 0.5) is 14.5 Å². The second kappa shape index (κ2) is 9.31. The molecule has 0 aliphatic rings. The highest BCUT2D eigenvalue weighted by atomic mass is 35.5. The normalized spacial score (nSPS) is 11.5. The van der Waals surface area contributed by atoms with Crippen LogP contribution in [0.25, 0.3) is 0 Å². The Morgan fingerprint density at radius 2 is 1.79 bits per heavy atom. The summed E-state index contributed by atoms with van der Waals surface area (Å²) in [5.74, 6) is -4.08. The molecule has 0 aromatic heterocycles. The van der Waals surface area contributed by atoms with Crippen molar-refractivity contribution in [1.82, 2.24) is 5.32 Å². The molecule has 0 radical (unpaired) electrons. The Kier molecular flexibility index (Phi) is 7.92. The Morgan fingerprint density at radius 3 is 2.43 bits per heavy atom. The Balaban J connectivity index is 0.00000392. The topological polar surface area (TPSA) is 101 Å². The van der Waals surface area contributed by atoms with Crippen LogP contribution >= 0.6 is 12.4 Å². The third-order valence-electron chi connectivity index (χ3n) is 3.86. The minimum atomic E-state index is -3.97. The lowest BCUT2D eigenvalue weighted by atomic mass is 10.1. The fourth-order valence-electron chi connectivity index (χ4n) is 2.34. The van der Waals surface area contributed by atoms with Crippen LogP contribution in [-0.2, 0) is 10.0 Å². The second-order valence-corrected chi connectivity index (χ2v) is 7.81. The Bertz CT molecular complexity index is 953. The van der Waals surface area contributed by atoms with Gasteiger partial charge in [0.15, 0.2) is 0 Å². The van der Waals surface area contributed by atoms with E-state index in [0.717, 1.165) is 5.56 Å². The van der Waals surface area contributed by atoms with E-state index in [9.17, 15) is 22.0 Å². The molecule has 0 unspecified atom stereocenters. The van der Waals surface area contributed by atoms with E-state index in [4.69, 9.17) is 5.73 Å². The van der Waals surface area contributed by atoms with Gasteiger partial charge in [0.25, 0.3) is 21.9 Å². The molecule has 2 aromatic rings. The van der Waals surface area contributed by atoms with Crippen molar-refractivity contribution in [3.8, 4) is 0 Å². The number of para-hydroxylation sites is 1. The zero-order valence-corrected chi connectivity index (χ0v) is 17.0. The van der Waals surface area contributed by atoms with Crippen molar-refractivity contribution in [3.05, 3.63) is 59.2 Å². The molecule has 0 aliphatic carbocycles. The molecule has 0 heterocycles. The molecule has 0 spiro atoms. The molecule has 4 N–H and O–H groups in total. The Hall–Kier alpha value is -2.23. The minimum absolute atomic E-state index is 0. The molecule has 2 aromatic carbocycles. The highest BCUT2D eigenvalue weighted by Gasteiger charge is 2.28. The van der Waals surface area contributed by atoms with Crippen LogP contribution in [0.1, 0.15) is 21.5 Å². The highest BCUT2D eigenvalue weighted by molar-refractivity contribution is 7.92. The van der Waals surface area contributed by atoms with E-state index in [-0.39, 0.29) is 28.6 Å². The van der Waals surface area contributed by atoms with Crippen LogP contribution < -0.4 is 15.8 Å². The van der Waals surface area contributed by atoms with Crippen LogP contribution in [0.15, 0.2) is 47.4 Å². The lowest BCUT2D eigenvalue weighted by Gasteiger charge is -2.17. The fourth-order valence-corrected chi connectivity index (χ4v) is 3.75. The lowest BCUT2D eigenvalue weighted by Crippen LogP contribution is -2.41. The van der Waals surface area contributed by atoms with Crippen molar-refractivity contribution in [3.63, 3.8) is 0 Å². The van der Waals surface area contributed by atoms with E-state index in [1.54, 1.807) is 26.0 Å². The number of rotatable bonds is 7. The van der Waals surface area contributed by atoms with Crippen LogP contribution in [0, 0.1) is 13.8 Å². The van der Waals surface area contributed by atoms with E-state index >= 15 is 0 Å². The SMILES string of the molecule is Cc1ccc(C)c(S(=O)(=O)Nc2ccccc2C(=O)NCC(F)(F)CN)c1.Cl. The quantitative estimate of drug-likeness (QED) is 0.624. The van der Waals surface area contributed by atoms with Gasteiger partial charge in [0.1, 0.15) is 0 Å². The van der Waals surface area contributed by atoms with Gasteiger partial charge in [0.05, 0.1) is 29.2 Å². The first-order chi connectivity index (χ1) is 12.6. The maximum absolute atomic E-state index is 13.3. The number of carbonyl (C=O) groups excluding carboxylic acids is 1. The van der Waals surface area contributed by atoms with E-state index < -0.39 is 34.9 Å². The average Bonchev–Trinajstić information content (AvgIpc) is 2.62. The van der Waals surface area contributed by atoms with Crippen molar-refractivity contribution < 1.29 is 22.0 Å². The average molecular weight is 434 g/mol. The van der Waals surface area contributed by atoms with E-state index in [1.807, 2.05) is 0 Å². The zero-order valence-electron chi connectivity index (χ0n) is 15.3. The fraction of sp³-hybridized carbons (Fsp3) is 0.278. The molecule has 0 bridgehead atoms. The van der Waals surface area contributed by atoms with Crippen LogP contribution in [-0.4, -0.2) is 33.3 Å². The molecule has 154 valence electrons. The molecular weight excluding hydrogens is 412 g/mol. The largest absolute Gasteiger partial charge is 0.346 e. The molecule has 28 heavy (non-hydrogen) atoms. The summed E-state index contributed by atoms with van der Waals surface area (Å²) in [6, 6.07) is 10.8. The van der Waals surface area contributed by atoms with Gasteiger partial charge < -0.3 is 11.1 Å². The van der Waals surface area contributed by atoms with Gasteiger partial charge in [0, 0.05) is 0 Å². The number of amides is 1. The van der Waals surface area contributed by atoms with Crippen molar-refractivity contribution in [1.29, 1.82) is 0 Å². The van der Waals surface area contributed by atoms with Gasteiger partial charge in [-0.25, -0.2) is 17.2 Å². The van der Waals surface area contributed by atoms with E-state index in [2.05, 4.69) is 10.0 Å². The summed E-state index contributed by atoms with van der Waals surface area (Å²) < 4.78 is 54.3. The molecule has 0 atom stereocenters. The first-order valence-electron chi connectivity index (χ1n) is 8.11. The molecule has 0 fully saturated rings. The molecule has 0 aliphatic heterocycles. The summed E-state index contributed by atoms with van der Waals surface area (Å²) in [5.41, 5.74) is 6.16. The van der Waals surface area contributed by atoms with Gasteiger partial charge in [-0.1, -0.05) is 24.3 Å². The zero-order chi connectivity index (χ0) is 20.2. The van der Waals surface area contributed by atoms with Gasteiger partial charge in [-0.3, -0.25) is 9.52 Å². The van der Waals surface area contributed by atoms with Crippen molar-refractivity contribution in [2.24, 2.45) is 5.73 Å². The summed E-state index contributed by atoms with van der Waals surface area (Å²) in [6.07, 6.45) is 0. The molecule has 10 heteroatoms. The first-order valence-corrected chi connectivity index (χ1v) is 9.59. The van der Waals surface area contributed by atoms with Gasteiger partial charge in [-0.05, 0) is 43.2 Å². The first kappa shape index (κ1) is 23.8. The van der Waals surface area contributed by atoms with Gasteiger partial charge >= 0.3 is 0 Å². The maximum atomic E-state index is 13.3. The minimum Gasteiger partial charge on any atom is -0.346 e.